The normalized spacial score (nSPS) is 14.2. The number of non-ortho nitro benzene ring substituents is 1. The summed E-state index contributed by atoms with van der Waals surface area (Å²) in [4.78, 5) is 36.5. The molecular weight excluding hydrogens is 461 g/mol. The number of nitrogens with zero attached hydrogens (tertiary/aromatic N) is 5. The third-order valence-electron chi connectivity index (χ3n) is 6.20. The highest BCUT2D eigenvalue weighted by atomic mass is 19.1. The molecule has 0 unspecified atom stereocenters. The smallest absolute Gasteiger partial charge is 0.269 e. The number of aromatic nitrogens is 2. The van der Waals surface area contributed by atoms with Crippen LogP contribution in [0.5, 0.6) is 0 Å². The molecule has 186 valence electrons. The minimum atomic E-state index is -0.453. The van der Waals surface area contributed by atoms with Gasteiger partial charge in [-0.3, -0.25) is 14.9 Å². The second-order valence-corrected chi connectivity index (χ2v) is 8.81. The average molecular weight is 490 g/mol. The maximum absolute atomic E-state index is 13.8. The van der Waals surface area contributed by atoms with Gasteiger partial charge in [0.2, 0.25) is 5.91 Å². The zero-order valence-corrected chi connectivity index (χ0v) is 20.4. The second-order valence-electron chi connectivity index (χ2n) is 8.81. The molecule has 2 heterocycles. The number of rotatable bonds is 6. The molecular formula is C27H28FN5O3. The van der Waals surface area contributed by atoms with E-state index in [1.165, 1.54) is 30.3 Å². The van der Waals surface area contributed by atoms with E-state index in [9.17, 15) is 19.3 Å². The number of anilines is 1. The Kier molecular flexibility index (Phi) is 7.68. The minimum absolute atomic E-state index is 0.0121. The Labute approximate surface area is 209 Å². The maximum Gasteiger partial charge on any atom is 0.269 e. The SMILES string of the molecule is Cc1nc(C)c(Cc2cccc(F)c2)c(N2CCCN(C(=O)/C=C/c3ccc([N+](=O)[O-])cc3)CC2)n1. The van der Waals surface area contributed by atoms with Crippen LogP contribution in [0.25, 0.3) is 6.08 Å². The summed E-state index contributed by atoms with van der Waals surface area (Å²) in [5.74, 6) is 1.13. The van der Waals surface area contributed by atoms with Crippen molar-refractivity contribution in [3.8, 4) is 0 Å². The van der Waals surface area contributed by atoms with Crippen molar-refractivity contribution in [1.82, 2.24) is 14.9 Å². The van der Waals surface area contributed by atoms with E-state index in [1.807, 2.05) is 19.9 Å². The van der Waals surface area contributed by atoms with Crippen LogP contribution in [0.1, 0.15) is 34.6 Å². The van der Waals surface area contributed by atoms with Crippen molar-refractivity contribution < 1.29 is 14.1 Å². The van der Waals surface area contributed by atoms with E-state index in [0.717, 1.165) is 41.2 Å². The van der Waals surface area contributed by atoms with Gasteiger partial charge in [0.25, 0.3) is 5.69 Å². The summed E-state index contributed by atoms with van der Waals surface area (Å²) in [6, 6.07) is 12.6. The quantitative estimate of drug-likeness (QED) is 0.288. The fraction of sp³-hybridized carbons (Fsp3) is 0.296. The summed E-state index contributed by atoms with van der Waals surface area (Å²) in [7, 11) is 0. The molecule has 8 nitrogen and oxygen atoms in total. The zero-order valence-electron chi connectivity index (χ0n) is 20.4. The molecule has 1 aliphatic heterocycles. The molecule has 0 spiro atoms. The largest absolute Gasteiger partial charge is 0.354 e. The molecule has 0 radical (unpaired) electrons. The van der Waals surface area contributed by atoms with Crippen LogP contribution < -0.4 is 4.90 Å². The van der Waals surface area contributed by atoms with Gasteiger partial charge in [0.15, 0.2) is 0 Å². The van der Waals surface area contributed by atoms with Crippen LogP contribution >= 0.6 is 0 Å². The van der Waals surface area contributed by atoms with E-state index in [1.54, 1.807) is 29.2 Å². The molecule has 3 aromatic rings. The van der Waals surface area contributed by atoms with Gasteiger partial charge >= 0.3 is 0 Å². The Balaban J connectivity index is 1.47. The molecule has 0 aliphatic carbocycles. The van der Waals surface area contributed by atoms with Crippen molar-refractivity contribution in [2.24, 2.45) is 0 Å². The van der Waals surface area contributed by atoms with Gasteiger partial charge in [0.1, 0.15) is 17.5 Å². The molecule has 2 aromatic carbocycles. The number of hydrogen-bond donors (Lipinski definition) is 0. The summed E-state index contributed by atoms with van der Waals surface area (Å²) < 4.78 is 13.8. The molecule has 1 aliphatic rings. The Morgan fingerprint density at radius 2 is 1.86 bits per heavy atom. The molecule has 0 atom stereocenters. The Morgan fingerprint density at radius 1 is 1.08 bits per heavy atom. The fourth-order valence-electron chi connectivity index (χ4n) is 4.37. The zero-order chi connectivity index (χ0) is 25.7. The number of hydrogen-bond acceptors (Lipinski definition) is 6. The first-order valence-electron chi connectivity index (χ1n) is 11.8. The van der Waals surface area contributed by atoms with E-state index >= 15 is 0 Å². The van der Waals surface area contributed by atoms with Crippen LogP contribution in [0, 0.1) is 29.8 Å². The van der Waals surface area contributed by atoms with Crippen LogP contribution in [0.2, 0.25) is 0 Å². The van der Waals surface area contributed by atoms with Gasteiger partial charge in [-0.05, 0) is 61.7 Å². The van der Waals surface area contributed by atoms with Crippen LogP contribution in [-0.2, 0) is 11.2 Å². The van der Waals surface area contributed by atoms with Crippen molar-refractivity contribution in [2.45, 2.75) is 26.7 Å². The van der Waals surface area contributed by atoms with Crippen molar-refractivity contribution in [3.05, 3.63) is 98.7 Å². The Bertz CT molecular complexity index is 1290. The molecule has 9 heteroatoms. The standard InChI is InChI=1S/C27H28FN5O3/c1-19-25(18-22-5-3-6-23(28)17-22)27(30-20(2)29-19)32-14-4-13-31(15-16-32)26(34)12-9-21-7-10-24(11-8-21)33(35)36/h3,5-12,17H,4,13-16,18H2,1-2H3/b12-9+. The number of halogens is 1. The molecule has 1 amide bonds. The van der Waals surface area contributed by atoms with E-state index in [4.69, 9.17) is 4.98 Å². The number of benzene rings is 2. The number of aryl methyl sites for hydroxylation is 2. The van der Waals surface area contributed by atoms with Crippen LogP contribution in [0.4, 0.5) is 15.9 Å². The molecule has 4 rings (SSSR count). The second kappa shape index (κ2) is 11.1. The van der Waals surface area contributed by atoms with Crippen molar-refractivity contribution >= 4 is 23.5 Å². The summed E-state index contributed by atoms with van der Waals surface area (Å²) in [5.41, 5.74) is 3.42. The number of carbonyl (C=O) groups is 1. The molecule has 0 bridgehead atoms. The third-order valence-corrected chi connectivity index (χ3v) is 6.20. The highest BCUT2D eigenvalue weighted by Gasteiger charge is 2.22. The van der Waals surface area contributed by atoms with Gasteiger partial charge < -0.3 is 9.80 Å². The molecule has 1 saturated heterocycles. The Morgan fingerprint density at radius 3 is 2.58 bits per heavy atom. The lowest BCUT2D eigenvalue weighted by molar-refractivity contribution is -0.384. The third kappa shape index (κ3) is 6.10. The molecule has 0 saturated carbocycles. The molecule has 1 aromatic heterocycles. The number of carbonyl (C=O) groups excluding carboxylic acids is 1. The topological polar surface area (TPSA) is 92.5 Å². The molecule has 1 fully saturated rings. The fourth-order valence-corrected chi connectivity index (χ4v) is 4.37. The summed E-state index contributed by atoms with van der Waals surface area (Å²) in [6.45, 7) is 6.31. The van der Waals surface area contributed by atoms with Crippen LogP contribution in [-0.4, -0.2) is 51.9 Å². The number of nitro groups is 1. The van der Waals surface area contributed by atoms with Crippen LogP contribution in [0.3, 0.4) is 0 Å². The van der Waals surface area contributed by atoms with Gasteiger partial charge in [-0.1, -0.05) is 12.1 Å². The highest BCUT2D eigenvalue weighted by molar-refractivity contribution is 5.91. The average Bonchev–Trinajstić information content (AvgIpc) is 3.11. The summed E-state index contributed by atoms with van der Waals surface area (Å²) in [5, 5.41) is 10.8. The highest BCUT2D eigenvalue weighted by Crippen LogP contribution is 2.25. The first-order valence-corrected chi connectivity index (χ1v) is 11.8. The Hall–Kier alpha value is -4.14. The van der Waals surface area contributed by atoms with Gasteiger partial charge in [-0.2, -0.15) is 0 Å². The van der Waals surface area contributed by atoms with Crippen molar-refractivity contribution in [2.75, 3.05) is 31.1 Å². The molecule has 36 heavy (non-hydrogen) atoms. The first-order chi connectivity index (χ1) is 17.3. The first kappa shape index (κ1) is 25.0. The predicted octanol–water partition coefficient (Wildman–Crippen LogP) is 4.48. The van der Waals surface area contributed by atoms with E-state index < -0.39 is 4.92 Å². The van der Waals surface area contributed by atoms with Gasteiger partial charge in [0, 0.05) is 62.1 Å². The lowest BCUT2D eigenvalue weighted by atomic mass is 10.0. The van der Waals surface area contributed by atoms with E-state index in [0.29, 0.717) is 31.9 Å². The minimum Gasteiger partial charge on any atom is -0.354 e. The molecule has 0 N–H and O–H groups in total. The maximum atomic E-state index is 13.8. The lowest BCUT2D eigenvalue weighted by Gasteiger charge is -2.26. The van der Waals surface area contributed by atoms with E-state index in [-0.39, 0.29) is 17.4 Å². The van der Waals surface area contributed by atoms with Crippen molar-refractivity contribution in [1.29, 1.82) is 0 Å². The summed E-state index contributed by atoms with van der Waals surface area (Å²) >= 11 is 0. The number of nitro benzene ring substituents is 1. The van der Waals surface area contributed by atoms with E-state index in [2.05, 4.69) is 9.88 Å². The van der Waals surface area contributed by atoms with Gasteiger partial charge in [-0.15, -0.1) is 0 Å². The van der Waals surface area contributed by atoms with Crippen molar-refractivity contribution in [3.63, 3.8) is 0 Å². The summed E-state index contributed by atoms with van der Waals surface area (Å²) in [6.07, 6.45) is 4.48. The predicted molar refractivity (Wildman–Crippen MR) is 136 cm³/mol. The monoisotopic (exact) mass is 489 g/mol. The lowest BCUT2D eigenvalue weighted by Crippen LogP contribution is -2.35. The van der Waals surface area contributed by atoms with Crippen LogP contribution in [0.15, 0.2) is 54.6 Å². The van der Waals surface area contributed by atoms with Gasteiger partial charge in [-0.25, -0.2) is 14.4 Å². The van der Waals surface area contributed by atoms with Gasteiger partial charge in [0.05, 0.1) is 4.92 Å². The number of amides is 1.